The lowest BCUT2D eigenvalue weighted by atomic mass is 10.1. The second-order valence-electron chi connectivity index (χ2n) is 4.62. The summed E-state index contributed by atoms with van der Waals surface area (Å²) in [5.41, 5.74) is 2.29. The summed E-state index contributed by atoms with van der Waals surface area (Å²) in [5.74, 6) is -0.567. The van der Waals surface area contributed by atoms with Crippen LogP contribution in [0.25, 0.3) is 11.0 Å². The average molecular weight is 345 g/mol. The number of aromatic nitrogens is 2. The topological polar surface area (TPSA) is 42.9 Å². The maximum atomic E-state index is 13.3. The molecule has 3 nitrogen and oxygen atoms in total. The Bertz CT molecular complexity index is 815. The molecule has 0 radical (unpaired) electrons. The Morgan fingerprint density at radius 3 is 2.67 bits per heavy atom. The van der Waals surface area contributed by atoms with Crippen molar-refractivity contribution in [3.8, 4) is 0 Å². The molecule has 0 aliphatic rings. The summed E-state index contributed by atoms with van der Waals surface area (Å²) >= 11 is 3.21. The van der Waals surface area contributed by atoms with Crippen molar-refractivity contribution in [2.24, 2.45) is 0 Å². The van der Waals surface area contributed by atoms with Crippen molar-refractivity contribution in [1.82, 2.24) is 9.97 Å². The van der Waals surface area contributed by atoms with Gasteiger partial charge in [0.2, 0.25) is 0 Å². The van der Waals surface area contributed by atoms with Crippen molar-refractivity contribution < 1.29 is 9.18 Å². The van der Waals surface area contributed by atoms with E-state index in [1.54, 1.807) is 12.1 Å². The molecule has 0 aliphatic heterocycles. The van der Waals surface area contributed by atoms with Crippen LogP contribution in [0, 0.1) is 5.82 Å². The van der Waals surface area contributed by atoms with Gasteiger partial charge in [-0.05, 0) is 35.9 Å². The van der Waals surface area contributed by atoms with Crippen LogP contribution in [-0.2, 0) is 6.42 Å². The summed E-state index contributed by atoms with van der Waals surface area (Å²) < 4.78 is 13.9. The van der Waals surface area contributed by atoms with Crippen molar-refractivity contribution in [2.45, 2.75) is 6.42 Å². The highest BCUT2D eigenvalue weighted by atomic mass is 79.9. The van der Waals surface area contributed by atoms with Gasteiger partial charge in [0.15, 0.2) is 5.78 Å². The second kappa shape index (κ2) is 5.69. The summed E-state index contributed by atoms with van der Waals surface area (Å²) in [7, 11) is 0. The third kappa shape index (κ3) is 3.13. The minimum atomic E-state index is -0.378. The monoisotopic (exact) mass is 344 g/mol. The molecule has 5 heteroatoms. The van der Waals surface area contributed by atoms with Crippen molar-refractivity contribution in [2.75, 3.05) is 0 Å². The average Bonchev–Trinajstić information content (AvgIpc) is 2.45. The molecule has 0 saturated heterocycles. The molecule has 3 rings (SSSR count). The summed E-state index contributed by atoms with van der Waals surface area (Å²) in [6.07, 6.45) is 1.54. The minimum absolute atomic E-state index is 0.0867. The molecule has 0 unspecified atom stereocenters. The summed E-state index contributed by atoms with van der Waals surface area (Å²) in [6.45, 7) is 0. The number of rotatable bonds is 3. The number of ketones is 1. The molecule has 3 aromatic rings. The number of halogens is 2. The molecule has 0 atom stereocenters. The Kier molecular flexibility index (Phi) is 3.75. The first-order valence-electron chi connectivity index (χ1n) is 6.32. The van der Waals surface area contributed by atoms with E-state index in [1.807, 2.05) is 18.2 Å². The van der Waals surface area contributed by atoms with Gasteiger partial charge < -0.3 is 0 Å². The van der Waals surface area contributed by atoms with E-state index < -0.39 is 0 Å². The molecule has 104 valence electrons. The van der Waals surface area contributed by atoms with Gasteiger partial charge in [-0.3, -0.25) is 9.78 Å². The number of para-hydroxylation sites is 2. The minimum Gasteiger partial charge on any atom is -0.292 e. The van der Waals surface area contributed by atoms with Crippen LogP contribution in [0.15, 0.2) is 53.1 Å². The molecule has 0 aliphatic carbocycles. The molecular formula is C16H10BrFN2O. The van der Waals surface area contributed by atoms with Gasteiger partial charge in [0.05, 0.1) is 17.2 Å². The summed E-state index contributed by atoms with van der Waals surface area (Å²) in [5, 5.41) is 0. The highest BCUT2D eigenvalue weighted by Crippen LogP contribution is 2.17. The van der Waals surface area contributed by atoms with Crippen LogP contribution in [-0.4, -0.2) is 15.8 Å². The number of carbonyl (C=O) groups is 1. The normalized spacial score (nSPS) is 10.8. The van der Waals surface area contributed by atoms with Gasteiger partial charge in [-0.2, -0.15) is 0 Å². The number of nitrogens with zero attached hydrogens (tertiary/aromatic N) is 2. The number of carbonyl (C=O) groups excluding carboxylic acids is 1. The molecule has 0 bridgehead atoms. The first-order valence-corrected chi connectivity index (χ1v) is 7.11. The maximum absolute atomic E-state index is 13.3. The van der Waals surface area contributed by atoms with E-state index in [0.29, 0.717) is 15.6 Å². The van der Waals surface area contributed by atoms with E-state index in [-0.39, 0.29) is 23.7 Å². The van der Waals surface area contributed by atoms with Gasteiger partial charge in [-0.15, -0.1) is 0 Å². The lowest BCUT2D eigenvalue weighted by Crippen LogP contribution is -2.07. The molecule has 21 heavy (non-hydrogen) atoms. The Morgan fingerprint density at radius 2 is 1.90 bits per heavy atom. The lowest BCUT2D eigenvalue weighted by Gasteiger charge is -2.03. The fourth-order valence-electron chi connectivity index (χ4n) is 2.08. The Balaban J connectivity index is 1.89. The van der Waals surface area contributed by atoms with Crippen molar-refractivity contribution in [3.05, 3.63) is 70.2 Å². The number of hydrogen-bond acceptors (Lipinski definition) is 3. The van der Waals surface area contributed by atoms with Gasteiger partial charge in [0, 0.05) is 10.9 Å². The predicted molar refractivity (Wildman–Crippen MR) is 81.7 cm³/mol. The summed E-state index contributed by atoms with van der Waals surface area (Å²) in [4.78, 5) is 20.8. The van der Waals surface area contributed by atoms with E-state index in [1.165, 1.54) is 18.3 Å². The smallest absolute Gasteiger partial charge is 0.187 e. The molecule has 1 heterocycles. The maximum Gasteiger partial charge on any atom is 0.187 e. The zero-order valence-electron chi connectivity index (χ0n) is 10.9. The molecule has 0 fully saturated rings. The zero-order valence-corrected chi connectivity index (χ0v) is 12.5. The second-order valence-corrected chi connectivity index (χ2v) is 5.54. The Morgan fingerprint density at radius 1 is 1.14 bits per heavy atom. The van der Waals surface area contributed by atoms with Gasteiger partial charge in [0.1, 0.15) is 11.5 Å². The van der Waals surface area contributed by atoms with E-state index in [2.05, 4.69) is 25.9 Å². The SMILES string of the molecule is O=C(Cc1cc(F)cc(Br)c1)c1cnc2ccccc2n1. The van der Waals surface area contributed by atoms with Crippen LogP contribution in [0.3, 0.4) is 0 Å². The van der Waals surface area contributed by atoms with Crippen LogP contribution >= 0.6 is 15.9 Å². The van der Waals surface area contributed by atoms with E-state index in [0.717, 1.165) is 5.52 Å². The third-order valence-corrected chi connectivity index (χ3v) is 3.48. The number of hydrogen-bond donors (Lipinski definition) is 0. The van der Waals surface area contributed by atoms with Crippen LogP contribution in [0.2, 0.25) is 0 Å². The highest BCUT2D eigenvalue weighted by molar-refractivity contribution is 9.10. The standard InChI is InChI=1S/C16H10BrFN2O/c17-11-5-10(6-12(18)8-11)7-16(21)15-9-19-13-3-1-2-4-14(13)20-15/h1-6,8-9H,7H2. The molecule has 1 aromatic heterocycles. The summed E-state index contributed by atoms with van der Waals surface area (Å²) in [6, 6.07) is 11.8. The fourth-order valence-corrected chi connectivity index (χ4v) is 2.59. The number of fused-ring (bicyclic) bond motifs is 1. The van der Waals surface area contributed by atoms with Crippen molar-refractivity contribution in [3.63, 3.8) is 0 Å². The lowest BCUT2D eigenvalue weighted by molar-refractivity contribution is 0.0988. The molecule has 0 spiro atoms. The molecular weight excluding hydrogens is 335 g/mol. The van der Waals surface area contributed by atoms with Gasteiger partial charge >= 0.3 is 0 Å². The fraction of sp³-hybridized carbons (Fsp3) is 0.0625. The van der Waals surface area contributed by atoms with E-state index in [9.17, 15) is 9.18 Å². The molecule has 0 saturated carbocycles. The van der Waals surface area contributed by atoms with Crippen LogP contribution in [0.5, 0.6) is 0 Å². The largest absolute Gasteiger partial charge is 0.292 e. The van der Waals surface area contributed by atoms with E-state index >= 15 is 0 Å². The van der Waals surface area contributed by atoms with Gasteiger partial charge in [-0.1, -0.05) is 28.1 Å². The van der Waals surface area contributed by atoms with Crippen LogP contribution in [0.1, 0.15) is 16.1 Å². The van der Waals surface area contributed by atoms with Crippen LogP contribution in [0.4, 0.5) is 4.39 Å². The predicted octanol–water partition coefficient (Wildman–Crippen LogP) is 3.96. The zero-order chi connectivity index (χ0) is 14.8. The first kappa shape index (κ1) is 13.8. The highest BCUT2D eigenvalue weighted by Gasteiger charge is 2.11. The van der Waals surface area contributed by atoms with Gasteiger partial charge in [0.25, 0.3) is 0 Å². The number of Topliss-reactive ketones (excluding diaryl/α,β-unsaturated/α-hetero) is 1. The molecule has 0 amide bonds. The Labute approximate surface area is 129 Å². The Hall–Kier alpha value is -2.14. The van der Waals surface area contributed by atoms with E-state index in [4.69, 9.17) is 0 Å². The number of benzene rings is 2. The van der Waals surface area contributed by atoms with Crippen molar-refractivity contribution in [1.29, 1.82) is 0 Å². The molecule has 0 N–H and O–H groups in total. The quantitative estimate of drug-likeness (QED) is 0.675. The van der Waals surface area contributed by atoms with Crippen molar-refractivity contribution >= 4 is 32.7 Å². The third-order valence-electron chi connectivity index (χ3n) is 3.02. The first-order chi connectivity index (χ1) is 10.1. The van der Waals surface area contributed by atoms with Crippen LogP contribution < -0.4 is 0 Å². The molecule has 2 aromatic carbocycles. The van der Waals surface area contributed by atoms with Gasteiger partial charge in [-0.25, -0.2) is 9.37 Å².